The van der Waals surface area contributed by atoms with Gasteiger partial charge < -0.3 is 10.2 Å². The summed E-state index contributed by atoms with van der Waals surface area (Å²) in [5, 5.41) is 17.7. The molecular weight excluding hydrogens is 723 g/mol. The van der Waals surface area contributed by atoms with Gasteiger partial charge in [0.05, 0.1) is 45.3 Å². The molecule has 0 aliphatic heterocycles. The maximum absolute atomic E-state index is 10.8. The molecule has 0 unspecified atom stereocenters. The first kappa shape index (κ1) is 32.0. The zero-order chi connectivity index (χ0) is 29.6. The van der Waals surface area contributed by atoms with E-state index in [1.807, 2.05) is 72.8 Å². The van der Waals surface area contributed by atoms with Gasteiger partial charge in [0.15, 0.2) is 0 Å². The van der Waals surface area contributed by atoms with Gasteiger partial charge in [-0.2, -0.15) is 0 Å². The maximum atomic E-state index is 10.8. The molecule has 2 N–H and O–H groups in total. The van der Waals surface area contributed by atoms with Crippen molar-refractivity contribution in [1.29, 1.82) is 0 Å². The molecule has 0 aromatic carbocycles. The molecular formula is C32H24N6O4Os. The van der Waals surface area contributed by atoms with Gasteiger partial charge in [-0.05, 0) is 72.8 Å². The van der Waals surface area contributed by atoms with Crippen molar-refractivity contribution in [1.82, 2.24) is 29.9 Å². The van der Waals surface area contributed by atoms with Crippen molar-refractivity contribution < 1.29 is 39.6 Å². The molecule has 0 spiro atoms. The first-order valence-electron chi connectivity index (χ1n) is 12.5. The molecule has 0 atom stereocenters. The Labute approximate surface area is 260 Å². The molecule has 6 rings (SSSR count). The van der Waals surface area contributed by atoms with Crippen LogP contribution >= 0.6 is 0 Å². The molecule has 0 saturated heterocycles. The third-order valence-electron chi connectivity index (χ3n) is 5.46. The molecule has 0 amide bonds. The van der Waals surface area contributed by atoms with E-state index in [2.05, 4.69) is 29.9 Å². The number of carboxylic acid groups (broad SMARTS) is 2. The smallest absolute Gasteiger partial charge is 0.335 e. The summed E-state index contributed by atoms with van der Waals surface area (Å²) in [6.45, 7) is 0. The Morgan fingerprint density at radius 1 is 0.395 bits per heavy atom. The third kappa shape index (κ3) is 9.81. The summed E-state index contributed by atoms with van der Waals surface area (Å²) < 4.78 is 0. The van der Waals surface area contributed by atoms with E-state index in [9.17, 15) is 9.59 Å². The summed E-state index contributed by atoms with van der Waals surface area (Å²) >= 11 is 0. The van der Waals surface area contributed by atoms with Crippen LogP contribution < -0.4 is 0 Å². The van der Waals surface area contributed by atoms with E-state index in [1.165, 1.54) is 36.7 Å². The molecule has 0 aliphatic carbocycles. The van der Waals surface area contributed by atoms with Gasteiger partial charge >= 0.3 is 11.9 Å². The summed E-state index contributed by atoms with van der Waals surface area (Å²) in [5.74, 6) is -2.15. The zero-order valence-electron chi connectivity index (χ0n) is 22.4. The Kier molecular flexibility index (Phi) is 12.4. The van der Waals surface area contributed by atoms with Gasteiger partial charge in [-0.25, -0.2) is 9.59 Å². The molecule has 43 heavy (non-hydrogen) atoms. The van der Waals surface area contributed by atoms with Crippen LogP contribution in [0, 0.1) is 0 Å². The third-order valence-corrected chi connectivity index (χ3v) is 5.46. The molecule has 10 nitrogen and oxygen atoms in total. The number of rotatable bonds is 5. The molecule has 0 bridgehead atoms. The molecule has 0 saturated carbocycles. The number of hydrogen-bond donors (Lipinski definition) is 2. The minimum absolute atomic E-state index is 0. The first-order valence-corrected chi connectivity index (χ1v) is 12.5. The van der Waals surface area contributed by atoms with Crippen LogP contribution in [0.3, 0.4) is 0 Å². The number of aromatic nitrogens is 6. The van der Waals surface area contributed by atoms with Crippen molar-refractivity contribution in [3.05, 3.63) is 145 Å². The summed E-state index contributed by atoms with van der Waals surface area (Å²) in [5.41, 5.74) is 4.44. The topological polar surface area (TPSA) is 152 Å². The molecule has 6 aromatic rings. The van der Waals surface area contributed by atoms with Gasteiger partial charge in [-0.1, -0.05) is 24.3 Å². The molecule has 214 valence electrons. The van der Waals surface area contributed by atoms with Crippen molar-refractivity contribution in [3.63, 3.8) is 0 Å². The van der Waals surface area contributed by atoms with E-state index in [4.69, 9.17) is 10.2 Å². The van der Waals surface area contributed by atoms with Crippen molar-refractivity contribution in [3.8, 4) is 34.2 Å². The SMILES string of the molecule is O=C(O)c1ccnc(-c2cc(C(=O)O)ccn2)c1.[Os].c1ccc(-c2ccccn2)nc1.c1ccc(-c2ccccn2)nc1. The van der Waals surface area contributed by atoms with Crippen LogP contribution in [0.25, 0.3) is 34.2 Å². The van der Waals surface area contributed by atoms with Crippen molar-refractivity contribution >= 4 is 11.9 Å². The largest absolute Gasteiger partial charge is 0.478 e. The van der Waals surface area contributed by atoms with Gasteiger partial charge in [0.1, 0.15) is 0 Å². The number of carbonyl (C=O) groups is 2. The van der Waals surface area contributed by atoms with E-state index in [0.29, 0.717) is 11.4 Å². The fourth-order valence-electron chi connectivity index (χ4n) is 3.46. The second kappa shape index (κ2) is 16.7. The average molecular weight is 747 g/mol. The van der Waals surface area contributed by atoms with Gasteiger partial charge in [0, 0.05) is 57.0 Å². The standard InChI is InChI=1S/C12H8N2O4.2C10H8N2.Os/c15-11(16)7-1-3-13-9(5-7)10-6-8(12(17)18)2-4-14-10;2*1-3-7-11-9(5-1)10-6-2-4-8-12-10;/h1-6H,(H,15,16)(H,17,18);2*1-8H;. The Hall–Kier alpha value is -5.52. The van der Waals surface area contributed by atoms with Crippen molar-refractivity contribution in [2.45, 2.75) is 0 Å². The Morgan fingerprint density at radius 3 is 0.907 bits per heavy atom. The van der Waals surface area contributed by atoms with Crippen LogP contribution in [-0.4, -0.2) is 52.1 Å². The predicted molar refractivity (Wildman–Crippen MR) is 156 cm³/mol. The van der Waals surface area contributed by atoms with Gasteiger partial charge in [-0.15, -0.1) is 0 Å². The predicted octanol–water partition coefficient (Wildman–Crippen LogP) is 5.82. The minimum Gasteiger partial charge on any atom is -0.478 e. The molecule has 0 aliphatic rings. The maximum Gasteiger partial charge on any atom is 0.335 e. The van der Waals surface area contributed by atoms with Gasteiger partial charge in [0.2, 0.25) is 0 Å². The van der Waals surface area contributed by atoms with Gasteiger partial charge in [-0.3, -0.25) is 29.9 Å². The van der Waals surface area contributed by atoms with Crippen LogP contribution in [0.5, 0.6) is 0 Å². The zero-order valence-corrected chi connectivity index (χ0v) is 25.0. The van der Waals surface area contributed by atoms with E-state index in [0.717, 1.165) is 22.8 Å². The average Bonchev–Trinajstić information content (AvgIpc) is 3.07. The van der Waals surface area contributed by atoms with E-state index < -0.39 is 11.9 Å². The summed E-state index contributed by atoms with van der Waals surface area (Å²) in [6, 6.07) is 28.6. The fraction of sp³-hybridized carbons (Fsp3) is 0. The normalized spacial score (nSPS) is 9.58. The van der Waals surface area contributed by atoms with Crippen LogP contribution in [0.15, 0.2) is 134 Å². The number of pyridine rings is 6. The molecule has 6 heterocycles. The monoisotopic (exact) mass is 748 g/mol. The summed E-state index contributed by atoms with van der Waals surface area (Å²) in [4.78, 5) is 46.3. The fourth-order valence-corrected chi connectivity index (χ4v) is 3.46. The Morgan fingerprint density at radius 2 is 0.674 bits per heavy atom. The number of carboxylic acids is 2. The van der Waals surface area contributed by atoms with Crippen LogP contribution in [0.2, 0.25) is 0 Å². The molecule has 11 heteroatoms. The molecule has 0 radical (unpaired) electrons. The van der Waals surface area contributed by atoms with Crippen molar-refractivity contribution in [2.75, 3.05) is 0 Å². The Bertz CT molecular complexity index is 1520. The molecule has 0 fully saturated rings. The summed E-state index contributed by atoms with van der Waals surface area (Å²) in [7, 11) is 0. The van der Waals surface area contributed by atoms with Gasteiger partial charge in [0.25, 0.3) is 0 Å². The first-order chi connectivity index (χ1) is 20.5. The van der Waals surface area contributed by atoms with E-state index in [1.54, 1.807) is 24.8 Å². The quantitative estimate of drug-likeness (QED) is 0.221. The van der Waals surface area contributed by atoms with Crippen molar-refractivity contribution in [2.24, 2.45) is 0 Å². The van der Waals surface area contributed by atoms with E-state index in [-0.39, 0.29) is 30.9 Å². The minimum atomic E-state index is -1.08. The number of nitrogens with zero attached hydrogens (tertiary/aromatic N) is 6. The van der Waals surface area contributed by atoms with E-state index >= 15 is 0 Å². The van der Waals surface area contributed by atoms with Crippen LogP contribution in [0.4, 0.5) is 0 Å². The Balaban J connectivity index is 0.000000180. The molecule has 6 aromatic heterocycles. The van der Waals surface area contributed by atoms with Crippen LogP contribution in [0.1, 0.15) is 20.7 Å². The summed E-state index contributed by atoms with van der Waals surface area (Å²) in [6.07, 6.45) is 9.75. The van der Waals surface area contributed by atoms with Crippen LogP contribution in [-0.2, 0) is 19.8 Å². The number of hydrogen-bond acceptors (Lipinski definition) is 8. The number of aromatic carboxylic acids is 2. The second-order valence-electron chi connectivity index (χ2n) is 8.33. The second-order valence-corrected chi connectivity index (χ2v) is 8.33.